The van der Waals surface area contributed by atoms with Crippen molar-refractivity contribution in [2.24, 2.45) is 0 Å². The van der Waals surface area contributed by atoms with Crippen molar-refractivity contribution in [2.75, 3.05) is 12.9 Å². The zero-order valence-electron chi connectivity index (χ0n) is 11.4. The molecule has 1 aromatic heterocycles. The molecule has 0 unspecified atom stereocenters. The lowest BCUT2D eigenvalue weighted by molar-refractivity contribution is -0.137. The van der Waals surface area contributed by atoms with Gasteiger partial charge in [0.25, 0.3) is 0 Å². The van der Waals surface area contributed by atoms with Gasteiger partial charge in [-0.05, 0) is 24.6 Å². The van der Waals surface area contributed by atoms with Crippen molar-refractivity contribution in [1.29, 1.82) is 0 Å². The molecule has 0 saturated heterocycles. The Labute approximate surface area is 122 Å². The van der Waals surface area contributed by atoms with Crippen LogP contribution in [0, 0.1) is 0 Å². The normalized spacial score (nSPS) is 11.5. The van der Waals surface area contributed by atoms with Gasteiger partial charge in [-0.1, -0.05) is 6.07 Å². The molecule has 2 rings (SSSR count). The molecule has 0 fully saturated rings. The van der Waals surface area contributed by atoms with Crippen LogP contribution in [0.25, 0.3) is 10.9 Å². The fourth-order valence-electron chi connectivity index (χ4n) is 2.01. The molecule has 1 N–H and O–H groups in total. The highest BCUT2D eigenvalue weighted by Gasteiger charge is 2.18. The molecule has 112 valence electrons. The Morgan fingerprint density at radius 2 is 2.14 bits per heavy atom. The molecule has 6 nitrogen and oxygen atoms in total. The topological polar surface area (TPSA) is 93.6 Å². The monoisotopic (exact) mass is 309 g/mol. The number of rotatable bonds is 6. The number of carbonyl (C=O) groups is 1. The molecular weight excluding hydrogens is 294 g/mol. The van der Waals surface area contributed by atoms with Crippen molar-refractivity contribution in [3.05, 3.63) is 30.5 Å². The molecule has 0 amide bonds. The maximum absolute atomic E-state index is 12.4. The van der Waals surface area contributed by atoms with Crippen LogP contribution in [-0.2, 0) is 14.6 Å². The van der Waals surface area contributed by atoms with Crippen molar-refractivity contribution >= 4 is 26.7 Å². The molecule has 7 heteroatoms. The van der Waals surface area contributed by atoms with E-state index in [1.54, 1.807) is 18.2 Å². The van der Waals surface area contributed by atoms with Gasteiger partial charge in [-0.3, -0.25) is 9.78 Å². The van der Waals surface area contributed by atoms with Crippen LogP contribution < -0.4 is 4.74 Å². The molecule has 0 atom stereocenters. The third-order valence-corrected chi connectivity index (χ3v) is 4.89. The molecule has 2 aromatic rings. The molecule has 0 spiro atoms. The van der Waals surface area contributed by atoms with Gasteiger partial charge in [-0.15, -0.1) is 0 Å². The zero-order valence-corrected chi connectivity index (χ0v) is 12.3. The number of sulfone groups is 1. The maximum Gasteiger partial charge on any atom is 0.303 e. The molecule has 0 aliphatic rings. The minimum atomic E-state index is -3.57. The second kappa shape index (κ2) is 6.09. The summed E-state index contributed by atoms with van der Waals surface area (Å²) in [4.78, 5) is 14.8. The number of hydrogen-bond donors (Lipinski definition) is 1. The van der Waals surface area contributed by atoms with E-state index in [1.807, 2.05) is 0 Å². The van der Waals surface area contributed by atoms with Gasteiger partial charge < -0.3 is 9.84 Å². The van der Waals surface area contributed by atoms with Crippen molar-refractivity contribution in [3.8, 4) is 5.75 Å². The molecule has 0 bridgehead atoms. The van der Waals surface area contributed by atoms with Gasteiger partial charge in [-0.25, -0.2) is 8.42 Å². The van der Waals surface area contributed by atoms with E-state index in [4.69, 9.17) is 9.84 Å². The Kier molecular flexibility index (Phi) is 4.42. The van der Waals surface area contributed by atoms with E-state index in [1.165, 1.54) is 19.4 Å². The predicted octanol–water partition coefficient (Wildman–Crippen LogP) is 1.88. The van der Waals surface area contributed by atoms with E-state index in [2.05, 4.69) is 4.98 Å². The van der Waals surface area contributed by atoms with E-state index in [9.17, 15) is 13.2 Å². The second-order valence-corrected chi connectivity index (χ2v) is 6.59. The maximum atomic E-state index is 12.4. The quantitative estimate of drug-likeness (QED) is 0.875. The summed E-state index contributed by atoms with van der Waals surface area (Å²) in [5.74, 6) is -0.752. The number of methoxy groups -OCH3 is 1. The minimum Gasteiger partial charge on any atom is -0.495 e. The summed E-state index contributed by atoms with van der Waals surface area (Å²) in [6.45, 7) is 0. The van der Waals surface area contributed by atoms with Crippen LogP contribution in [0.5, 0.6) is 5.75 Å². The molecule has 0 saturated carbocycles. The van der Waals surface area contributed by atoms with Gasteiger partial charge in [0, 0.05) is 11.8 Å². The Morgan fingerprint density at radius 3 is 2.81 bits per heavy atom. The smallest absolute Gasteiger partial charge is 0.303 e. The van der Waals surface area contributed by atoms with E-state index in [0.717, 1.165) is 0 Å². The fourth-order valence-corrected chi connectivity index (χ4v) is 3.54. The number of aromatic nitrogens is 1. The van der Waals surface area contributed by atoms with Crippen LogP contribution in [0.2, 0.25) is 0 Å². The van der Waals surface area contributed by atoms with Crippen LogP contribution in [0.15, 0.2) is 35.4 Å². The average Bonchev–Trinajstić information content (AvgIpc) is 2.45. The van der Waals surface area contributed by atoms with E-state index in [-0.39, 0.29) is 23.5 Å². The number of benzene rings is 1. The second-order valence-electron chi connectivity index (χ2n) is 4.51. The molecular formula is C14H15NO5S. The van der Waals surface area contributed by atoms with Gasteiger partial charge in [-0.2, -0.15) is 0 Å². The summed E-state index contributed by atoms with van der Waals surface area (Å²) in [7, 11) is -2.09. The number of fused-ring (bicyclic) bond motifs is 1. The molecule has 1 heterocycles. The first-order valence-corrected chi connectivity index (χ1v) is 7.96. The highest BCUT2D eigenvalue weighted by atomic mass is 32.2. The van der Waals surface area contributed by atoms with Gasteiger partial charge in [0.05, 0.1) is 29.5 Å². The van der Waals surface area contributed by atoms with Crippen molar-refractivity contribution in [3.63, 3.8) is 0 Å². The SMILES string of the molecule is COc1cnc2cccc(S(=O)(=O)CCCC(=O)O)c2c1. The lowest BCUT2D eigenvalue weighted by Gasteiger charge is -2.08. The summed E-state index contributed by atoms with van der Waals surface area (Å²) in [6.07, 6.45) is 1.42. The van der Waals surface area contributed by atoms with Gasteiger partial charge in [0.2, 0.25) is 0 Å². The number of aliphatic carboxylic acids is 1. The first kappa shape index (κ1) is 15.2. The standard InChI is InChI=1S/C14H15NO5S/c1-20-10-8-11-12(15-9-10)4-2-5-13(11)21(18,19)7-3-6-14(16)17/h2,4-5,8-9H,3,6-7H2,1H3,(H,16,17). The van der Waals surface area contributed by atoms with Crippen LogP contribution in [0.4, 0.5) is 0 Å². The number of pyridine rings is 1. The van der Waals surface area contributed by atoms with Gasteiger partial charge in [0.1, 0.15) is 5.75 Å². The number of hydrogen-bond acceptors (Lipinski definition) is 5. The summed E-state index contributed by atoms with van der Waals surface area (Å²) < 4.78 is 29.8. The molecule has 0 aliphatic carbocycles. The minimum absolute atomic E-state index is 0.0749. The predicted molar refractivity (Wildman–Crippen MR) is 77.2 cm³/mol. The molecule has 0 aliphatic heterocycles. The van der Waals surface area contributed by atoms with E-state index >= 15 is 0 Å². The summed E-state index contributed by atoms with van der Waals surface area (Å²) in [5.41, 5.74) is 0.551. The molecule has 0 radical (unpaired) electrons. The van der Waals surface area contributed by atoms with E-state index < -0.39 is 15.8 Å². The highest BCUT2D eigenvalue weighted by Crippen LogP contribution is 2.26. The fraction of sp³-hybridized carbons (Fsp3) is 0.286. The van der Waals surface area contributed by atoms with Crippen molar-refractivity contribution in [2.45, 2.75) is 17.7 Å². The first-order valence-electron chi connectivity index (χ1n) is 6.31. The van der Waals surface area contributed by atoms with Crippen molar-refractivity contribution in [1.82, 2.24) is 4.98 Å². The van der Waals surface area contributed by atoms with Gasteiger partial charge in [0.15, 0.2) is 9.84 Å². The van der Waals surface area contributed by atoms with Crippen LogP contribution in [0.3, 0.4) is 0 Å². The van der Waals surface area contributed by atoms with Gasteiger partial charge >= 0.3 is 5.97 Å². The average molecular weight is 309 g/mol. The highest BCUT2D eigenvalue weighted by molar-refractivity contribution is 7.91. The third kappa shape index (κ3) is 3.49. The Bertz CT molecular complexity index is 770. The van der Waals surface area contributed by atoms with Crippen LogP contribution >= 0.6 is 0 Å². The zero-order chi connectivity index (χ0) is 15.5. The third-order valence-electron chi connectivity index (χ3n) is 3.04. The number of ether oxygens (including phenoxy) is 1. The first-order chi connectivity index (χ1) is 9.94. The Hall–Kier alpha value is -2.15. The lowest BCUT2D eigenvalue weighted by Crippen LogP contribution is -2.09. The molecule has 1 aromatic carbocycles. The van der Waals surface area contributed by atoms with Crippen LogP contribution in [-0.4, -0.2) is 37.3 Å². The number of nitrogens with zero attached hydrogens (tertiary/aromatic N) is 1. The Morgan fingerprint density at radius 1 is 1.38 bits per heavy atom. The van der Waals surface area contributed by atoms with E-state index in [0.29, 0.717) is 16.7 Å². The number of carboxylic acid groups (broad SMARTS) is 1. The lowest BCUT2D eigenvalue weighted by atomic mass is 10.2. The van der Waals surface area contributed by atoms with Crippen molar-refractivity contribution < 1.29 is 23.1 Å². The summed E-state index contributed by atoms with van der Waals surface area (Å²) in [5, 5.41) is 9.08. The number of carboxylic acids is 1. The largest absolute Gasteiger partial charge is 0.495 e. The summed E-state index contributed by atoms with van der Waals surface area (Å²) >= 11 is 0. The van der Waals surface area contributed by atoms with Crippen LogP contribution in [0.1, 0.15) is 12.8 Å². The molecule has 21 heavy (non-hydrogen) atoms. The summed E-state index contributed by atoms with van der Waals surface area (Å²) in [6, 6.07) is 6.45. The Balaban J connectivity index is 2.42.